The lowest BCUT2D eigenvalue weighted by Crippen LogP contribution is -2.18. The maximum atomic E-state index is 12.1. The Balaban J connectivity index is 2.29. The van der Waals surface area contributed by atoms with Gasteiger partial charge in [-0.25, -0.2) is 4.79 Å². The molecule has 0 fully saturated rings. The molecule has 104 valence electrons. The van der Waals surface area contributed by atoms with Gasteiger partial charge in [-0.05, 0) is 26.3 Å². The van der Waals surface area contributed by atoms with E-state index in [2.05, 4.69) is 0 Å². The van der Waals surface area contributed by atoms with Gasteiger partial charge >= 0.3 is 5.97 Å². The summed E-state index contributed by atoms with van der Waals surface area (Å²) in [5, 5.41) is 0.884. The van der Waals surface area contributed by atoms with E-state index in [-0.39, 0.29) is 24.0 Å². The van der Waals surface area contributed by atoms with Crippen molar-refractivity contribution in [1.82, 2.24) is 4.57 Å². The van der Waals surface area contributed by atoms with Gasteiger partial charge in [-0.2, -0.15) is 0 Å². The van der Waals surface area contributed by atoms with E-state index in [1.54, 1.807) is 11.8 Å². The highest BCUT2D eigenvalue weighted by molar-refractivity contribution is 7.99. The molecule has 1 unspecified atom stereocenters. The molecule has 0 saturated carbocycles. The number of carbonyl (C=O) groups is 2. The van der Waals surface area contributed by atoms with Crippen molar-refractivity contribution in [2.24, 2.45) is 5.73 Å². The number of aromatic nitrogens is 1. The lowest BCUT2D eigenvalue weighted by molar-refractivity contribution is -0.118. The Labute approximate surface area is 116 Å². The van der Waals surface area contributed by atoms with Crippen LogP contribution < -0.4 is 5.73 Å². The van der Waals surface area contributed by atoms with E-state index in [0.717, 1.165) is 16.3 Å². The topological polar surface area (TPSA) is 74.3 Å². The lowest BCUT2D eigenvalue weighted by Gasteiger charge is -2.09. The molecule has 1 aromatic rings. The number of rotatable bonds is 4. The first-order valence-electron chi connectivity index (χ1n) is 6.23. The molecule has 0 saturated heterocycles. The summed E-state index contributed by atoms with van der Waals surface area (Å²) in [6.45, 7) is 5.53. The summed E-state index contributed by atoms with van der Waals surface area (Å²) in [4.78, 5) is 23.1. The second-order valence-corrected chi connectivity index (χ2v) is 6.00. The molecule has 0 radical (unpaired) electrons. The highest BCUT2D eigenvalue weighted by atomic mass is 32.2. The Kier molecular flexibility index (Phi) is 3.89. The fraction of sp³-hybridized carbons (Fsp3) is 0.538. The number of thioether (sulfide) groups is 1. The average molecular weight is 282 g/mol. The van der Waals surface area contributed by atoms with Crippen LogP contribution in [0.4, 0.5) is 0 Å². The minimum atomic E-state index is -0.323. The van der Waals surface area contributed by atoms with Gasteiger partial charge in [0.25, 0.3) is 0 Å². The molecule has 1 atom stereocenters. The van der Waals surface area contributed by atoms with Crippen LogP contribution in [0.3, 0.4) is 0 Å². The zero-order valence-electron chi connectivity index (χ0n) is 11.3. The van der Waals surface area contributed by atoms with Crippen LogP contribution in [0.1, 0.15) is 42.2 Å². The predicted octanol–water partition coefficient (Wildman–Crippen LogP) is 1.88. The van der Waals surface area contributed by atoms with Gasteiger partial charge in [0.15, 0.2) is 0 Å². The van der Waals surface area contributed by atoms with Gasteiger partial charge in [0, 0.05) is 18.4 Å². The molecule has 0 aliphatic carbocycles. The van der Waals surface area contributed by atoms with Crippen LogP contribution in [-0.2, 0) is 9.53 Å². The molecule has 2 rings (SSSR count). The van der Waals surface area contributed by atoms with E-state index in [1.807, 2.05) is 31.5 Å². The van der Waals surface area contributed by atoms with Crippen molar-refractivity contribution in [3.05, 3.63) is 17.3 Å². The summed E-state index contributed by atoms with van der Waals surface area (Å²) < 4.78 is 7.23. The number of hydrogen-bond acceptors (Lipinski definition) is 4. The molecule has 0 bridgehead atoms. The predicted molar refractivity (Wildman–Crippen MR) is 73.3 cm³/mol. The smallest absolute Gasteiger partial charge is 0.341 e. The molecule has 0 aromatic carbocycles. The maximum Gasteiger partial charge on any atom is 0.341 e. The summed E-state index contributed by atoms with van der Waals surface area (Å²) in [5.41, 5.74) is 6.74. The Morgan fingerprint density at radius 1 is 1.58 bits per heavy atom. The molecule has 6 heteroatoms. The molecule has 0 spiro atoms. The Hall–Kier alpha value is -1.43. The first kappa shape index (κ1) is 14.0. The van der Waals surface area contributed by atoms with Crippen LogP contribution in [0.5, 0.6) is 0 Å². The van der Waals surface area contributed by atoms with E-state index < -0.39 is 0 Å². The minimum absolute atomic E-state index is 0.0387. The third kappa shape index (κ3) is 2.78. The van der Waals surface area contributed by atoms with Crippen molar-refractivity contribution in [1.29, 1.82) is 0 Å². The number of aryl methyl sites for hydroxylation is 1. The van der Waals surface area contributed by atoms with Crippen LogP contribution in [0.2, 0.25) is 0 Å². The largest absolute Gasteiger partial charge is 0.459 e. The van der Waals surface area contributed by atoms with E-state index in [1.165, 1.54) is 0 Å². The van der Waals surface area contributed by atoms with Crippen LogP contribution >= 0.6 is 11.8 Å². The number of ether oxygens (including phenoxy) is 1. The highest BCUT2D eigenvalue weighted by Gasteiger charge is 2.31. The van der Waals surface area contributed by atoms with Gasteiger partial charge in [0.05, 0.1) is 22.7 Å². The normalized spacial score (nSPS) is 17.6. The number of esters is 1. The molecule has 2 heterocycles. The fourth-order valence-corrected chi connectivity index (χ4v) is 3.58. The summed E-state index contributed by atoms with van der Waals surface area (Å²) in [6.07, 6.45) is 2.06. The quantitative estimate of drug-likeness (QED) is 0.856. The number of primary amides is 1. The SMILES string of the molecule is Cc1cn2c(c1C(=O)OC(C)C)SCC2CC(N)=O. The van der Waals surface area contributed by atoms with E-state index in [9.17, 15) is 9.59 Å². The first-order valence-corrected chi connectivity index (χ1v) is 7.22. The van der Waals surface area contributed by atoms with Crippen molar-refractivity contribution in [3.8, 4) is 0 Å². The molecule has 1 aliphatic rings. The zero-order valence-corrected chi connectivity index (χ0v) is 12.1. The Bertz CT molecular complexity index is 522. The number of nitrogens with two attached hydrogens (primary N) is 1. The van der Waals surface area contributed by atoms with Crippen LogP contribution in [-0.4, -0.2) is 28.3 Å². The van der Waals surface area contributed by atoms with Gasteiger partial charge in [0.2, 0.25) is 5.91 Å². The third-order valence-corrected chi connectivity index (χ3v) is 4.20. The van der Waals surface area contributed by atoms with Crippen molar-refractivity contribution >= 4 is 23.6 Å². The minimum Gasteiger partial charge on any atom is -0.459 e. The number of amides is 1. The lowest BCUT2D eigenvalue weighted by atomic mass is 10.2. The van der Waals surface area contributed by atoms with E-state index in [4.69, 9.17) is 10.5 Å². The van der Waals surface area contributed by atoms with Gasteiger partial charge in [0.1, 0.15) is 0 Å². The van der Waals surface area contributed by atoms with Crippen molar-refractivity contribution < 1.29 is 14.3 Å². The summed E-state index contributed by atoms with van der Waals surface area (Å²) >= 11 is 1.58. The number of fused-ring (bicyclic) bond motifs is 1. The standard InChI is InChI=1S/C13H18N2O3S/c1-7(2)18-13(17)11-8(3)5-15-9(4-10(14)16)6-19-12(11)15/h5,7,9H,4,6H2,1-3H3,(H2,14,16). The van der Waals surface area contributed by atoms with Crippen molar-refractivity contribution in [2.45, 2.75) is 44.4 Å². The van der Waals surface area contributed by atoms with Crippen molar-refractivity contribution in [3.63, 3.8) is 0 Å². The third-order valence-electron chi connectivity index (χ3n) is 2.96. The fourth-order valence-electron chi connectivity index (χ4n) is 2.21. The number of nitrogens with zero attached hydrogens (tertiary/aromatic N) is 1. The van der Waals surface area contributed by atoms with Gasteiger partial charge in [-0.3, -0.25) is 4.79 Å². The molecular weight excluding hydrogens is 264 g/mol. The van der Waals surface area contributed by atoms with Gasteiger partial charge in [-0.1, -0.05) is 0 Å². The molecule has 1 aromatic heterocycles. The summed E-state index contributed by atoms with van der Waals surface area (Å²) in [7, 11) is 0. The summed E-state index contributed by atoms with van der Waals surface area (Å²) in [6, 6.07) is 0.0387. The van der Waals surface area contributed by atoms with Gasteiger partial charge in [-0.15, -0.1) is 11.8 Å². The van der Waals surface area contributed by atoms with E-state index in [0.29, 0.717) is 12.0 Å². The maximum absolute atomic E-state index is 12.1. The van der Waals surface area contributed by atoms with E-state index >= 15 is 0 Å². The second kappa shape index (κ2) is 5.28. The monoisotopic (exact) mass is 282 g/mol. The average Bonchev–Trinajstić information content (AvgIpc) is 2.76. The number of hydrogen-bond donors (Lipinski definition) is 1. The molecule has 1 aliphatic heterocycles. The molecular formula is C13H18N2O3S. The number of carbonyl (C=O) groups excluding carboxylic acids is 2. The van der Waals surface area contributed by atoms with Gasteiger partial charge < -0.3 is 15.0 Å². The Morgan fingerprint density at radius 3 is 2.84 bits per heavy atom. The van der Waals surface area contributed by atoms with Crippen molar-refractivity contribution in [2.75, 3.05) is 5.75 Å². The molecule has 5 nitrogen and oxygen atoms in total. The first-order chi connectivity index (χ1) is 8.90. The summed E-state index contributed by atoms with van der Waals surface area (Å²) in [5.74, 6) is 0.144. The van der Waals surface area contributed by atoms with Crippen LogP contribution in [0, 0.1) is 6.92 Å². The highest BCUT2D eigenvalue weighted by Crippen LogP contribution is 2.40. The molecule has 1 amide bonds. The molecule has 2 N–H and O–H groups in total. The van der Waals surface area contributed by atoms with Crippen LogP contribution in [0.15, 0.2) is 11.2 Å². The zero-order chi connectivity index (χ0) is 14.2. The second-order valence-electron chi connectivity index (χ2n) is 4.99. The molecule has 19 heavy (non-hydrogen) atoms. The Morgan fingerprint density at radius 2 is 2.26 bits per heavy atom. The van der Waals surface area contributed by atoms with Crippen LogP contribution in [0.25, 0.3) is 0 Å².